The minimum atomic E-state index is -1.71. The number of para-hydroxylation sites is 1. The van der Waals surface area contributed by atoms with E-state index < -0.39 is 11.6 Å². The van der Waals surface area contributed by atoms with Crippen molar-refractivity contribution < 1.29 is 15.0 Å². The Morgan fingerprint density at radius 3 is 2.82 bits per heavy atom. The molecule has 1 aromatic heterocycles. The van der Waals surface area contributed by atoms with Gasteiger partial charge in [-0.2, -0.15) is 0 Å². The largest absolute Gasteiger partial charge is 0.479 e. The second kappa shape index (κ2) is 4.43. The van der Waals surface area contributed by atoms with E-state index in [1.807, 2.05) is 30.3 Å². The van der Waals surface area contributed by atoms with Gasteiger partial charge >= 0.3 is 5.97 Å². The molecule has 0 aliphatic heterocycles. The number of aliphatic hydroxyl groups is 1. The van der Waals surface area contributed by atoms with Crippen LogP contribution in [0.5, 0.6) is 0 Å². The number of hydrogen-bond donors (Lipinski definition) is 3. The summed E-state index contributed by atoms with van der Waals surface area (Å²) >= 11 is 1.30. The lowest BCUT2D eigenvalue weighted by Gasteiger charge is -2.16. The second-order valence-electron chi connectivity index (χ2n) is 4.09. The lowest BCUT2D eigenvalue weighted by molar-refractivity contribution is -0.154. The summed E-state index contributed by atoms with van der Waals surface area (Å²) in [5.41, 5.74) is -0.702. The Morgan fingerprint density at radius 1 is 1.47 bits per heavy atom. The molecule has 0 saturated heterocycles. The molecule has 0 amide bonds. The Bertz CT molecular complexity index is 514. The number of aromatic nitrogens is 1. The number of hydrogen-bond acceptors (Lipinski definition) is 3. The zero-order valence-corrected chi connectivity index (χ0v) is 10.1. The molecule has 0 aliphatic rings. The van der Waals surface area contributed by atoms with Crippen LogP contribution in [-0.2, 0) is 4.79 Å². The van der Waals surface area contributed by atoms with E-state index in [1.54, 1.807) is 0 Å². The third-order valence-corrected chi connectivity index (χ3v) is 3.71. The minimum absolute atomic E-state index is 0.106. The molecule has 0 radical (unpaired) electrons. The summed E-state index contributed by atoms with van der Waals surface area (Å²) < 4.78 is 0. The fourth-order valence-electron chi connectivity index (χ4n) is 1.40. The number of carboxylic acids is 1. The monoisotopic (exact) mass is 251 g/mol. The highest BCUT2D eigenvalue weighted by atomic mass is 32.2. The molecule has 4 nitrogen and oxygen atoms in total. The van der Waals surface area contributed by atoms with Crippen molar-refractivity contribution in [3.05, 3.63) is 30.3 Å². The van der Waals surface area contributed by atoms with Gasteiger partial charge in [-0.1, -0.05) is 18.2 Å². The van der Waals surface area contributed by atoms with Crippen LogP contribution in [0.2, 0.25) is 0 Å². The number of benzene rings is 1. The molecular formula is C12H13NO3S. The van der Waals surface area contributed by atoms with Crippen LogP contribution in [0, 0.1) is 0 Å². The molecule has 0 fully saturated rings. The number of aromatic amines is 1. The summed E-state index contributed by atoms with van der Waals surface area (Å²) in [5, 5.41) is 20.3. The van der Waals surface area contributed by atoms with Crippen molar-refractivity contribution in [3.63, 3.8) is 0 Å². The van der Waals surface area contributed by atoms with Crippen molar-refractivity contribution in [2.45, 2.75) is 17.6 Å². The molecule has 1 heterocycles. The maximum absolute atomic E-state index is 10.7. The van der Waals surface area contributed by atoms with Crippen molar-refractivity contribution in [3.8, 4) is 0 Å². The van der Waals surface area contributed by atoms with E-state index in [0.717, 1.165) is 15.9 Å². The molecule has 3 N–H and O–H groups in total. The molecule has 17 heavy (non-hydrogen) atoms. The van der Waals surface area contributed by atoms with Crippen LogP contribution < -0.4 is 0 Å². The van der Waals surface area contributed by atoms with Crippen LogP contribution in [0.3, 0.4) is 0 Å². The predicted molar refractivity (Wildman–Crippen MR) is 67.3 cm³/mol. The van der Waals surface area contributed by atoms with Crippen molar-refractivity contribution in [2.24, 2.45) is 0 Å². The summed E-state index contributed by atoms with van der Waals surface area (Å²) in [5.74, 6) is -1.10. The zero-order valence-electron chi connectivity index (χ0n) is 9.30. The molecule has 0 bridgehead atoms. The molecule has 2 rings (SSSR count). The summed E-state index contributed by atoms with van der Waals surface area (Å²) in [6.07, 6.45) is 0. The number of aliphatic carboxylic acids is 1. The number of fused-ring (bicyclic) bond motifs is 1. The van der Waals surface area contributed by atoms with Gasteiger partial charge in [0.2, 0.25) is 0 Å². The molecule has 2 aromatic rings. The van der Waals surface area contributed by atoms with Gasteiger partial charge in [0.1, 0.15) is 0 Å². The van der Waals surface area contributed by atoms with Crippen LogP contribution in [0.1, 0.15) is 6.92 Å². The SMILES string of the molecule is CC(O)(CSc1cc2ccccc2[nH]1)C(=O)O. The molecule has 1 unspecified atom stereocenters. The number of rotatable bonds is 4. The molecule has 0 saturated carbocycles. The van der Waals surface area contributed by atoms with E-state index >= 15 is 0 Å². The smallest absolute Gasteiger partial charge is 0.336 e. The van der Waals surface area contributed by atoms with E-state index in [0.29, 0.717) is 0 Å². The Kier molecular flexibility index (Phi) is 3.13. The molecular weight excluding hydrogens is 238 g/mol. The molecule has 0 spiro atoms. The number of H-pyrrole nitrogens is 1. The van der Waals surface area contributed by atoms with Gasteiger partial charge in [-0.05, 0) is 19.1 Å². The van der Waals surface area contributed by atoms with Crippen molar-refractivity contribution in [1.29, 1.82) is 0 Å². The molecule has 1 atom stereocenters. The highest BCUT2D eigenvalue weighted by Crippen LogP contribution is 2.25. The lowest BCUT2D eigenvalue weighted by Crippen LogP contribution is -2.37. The van der Waals surface area contributed by atoms with Crippen LogP contribution in [0.25, 0.3) is 10.9 Å². The fraction of sp³-hybridized carbons (Fsp3) is 0.250. The van der Waals surface area contributed by atoms with Gasteiger partial charge in [0, 0.05) is 16.7 Å². The minimum Gasteiger partial charge on any atom is -0.479 e. The maximum Gasteiger partial charge on any atom is 0.336 e. The fourth-order valence-corrected chi connectivity index (χ4v) is 2.36. The summed E-state index contributed by atoms with van der Waals surface area (Å²) in [4.78, 5) is 13.9. The molecule has 5 heteroatoms. The third-order valence-electron chi connectivity index (χ3n) is 2.47. The van der Waals surface area contributed by atoms with Gasteiger partial charge in [0.05, 0.1) is 5.03 Å². The highest BCUT2D eigenvalue weighted by molar-refractivity contribution is 7.99. The van der Waals surface area contributed by atoms with Gasteiger partial charge in [0.15, 0.2) is 5.60 Å². The van der Waals surface area contributed by atoms with E-state index in [9.17, 15) is 9.90 Å². The van der Waals surface area contributed by atoms with E-state index in [-0.39, 0.29) is 5.75 Å². The maximum atomic E-state index is 10.7. The molecule has 90 valence electrons. The van der Waals surface area contributed by atoms with Gasteiger partial charge < -0.3 is 15.2 Å². The summed E-state index contributed by atoms with van der Waals surface area (Å²) in [6.45, 7) is 1.30. The molecule has 0 aliphatic carbocycles. The highest BCUT2D eigenvalue weighted by Gasteiger charge is 2.29. The van der Waals surface area contributed by atoms with Gasteiger partial charge in [-0.25, -0.2) is 4.79 Å². The lowest BCUT2D eigenvalue weighted by atomic mass is 10.1. The van der Waals surface area contributed by atoms with Crippen LogP contribution in [0.15, 0.2) is 35.4 Å². The van der Waals surface area contributed by atoms with E-state index in [4.69, 9.17) is 5.11 Å². The quantitative estimate of drug-likeness (QED) is 0.727. The number of carboxylic acid groups (broad SMARTS) is 1. The first-order valence-electron chi connectivity index (χ1n) is 5.15. The van der Waals surface area contributed by atoms with Crippen LogP contribution in [-0.4, -0.2) is 32.5 Å². The van der Waals surface area contributed by atoms with E-state index in [1.165, 1.54) is 18.7 Å². The Hall–Kier alpha value is -1.46. The molecule has 1 aromatic carbocycles. The predicted octanol–water partition coefficient (Wildman–Crippen LogP) is 2.10. The summed E-state index contributed by atoms with van der Waals surface area (Å²) in [6, 6.07) is 9.75. The van der Waals surface area contributed by atoms with Crippen molar-refractivity contribution in [1.82, 2.24) is 4.98 Å². The Labute approximate surface area is 103 Å². The summed E-state index contributed by atoms with van der Waals surface area (Å²) in [7, 11) is 0. The first kappa shape index (κ1) is 12.0. The van der Waals surface area contributed by atoms with Gasteiger partial charge in [-0.3, -0.25) is 0 Å². The van der Waals surface area contributed by atoms with Gasteiger partial charge in [0.25, 0.3) is 0 Å². The van der Waals surface area contributed by atoms with Crippen LogP contribution in [0.4, 0.5) is 0 Å². The number of carbonyl (C=O) groups is 1. The second-order valence-corrected chi connectivity index (χ2v) is 5.11. The number of nitrogens with one attached hydrogen (secondary N) is 1. The van der Waals surface area contributed by atoms with E-state index in [2.05, 4.69) is 4.98 Å². The van der Waals surface area contributed by atoms with Gasteiger partial charge in [-0.15, -0.1) is 11.8 Å². The Balaban J connectivity index is 2.12. The average Bonchev–Trinajstić information content (AvgIpc) is 2.69. The normalized spacial score (nSPS) is 14.7. The number of thioether (sulfide) groups is 1. The zero-order chi connectivity index (χ0) is 12.5. The first-order chi connectivity index (χ1) is 7.99. The third kappa shape index (κ3) is 2.62. The standard InChI is InChI=1S/C12H13NO3S/c1-12(16,11(14)15)7-17-10-6-8-4-2-3-5-9(8)13-10/h2-6,13,16H,7H2,1H3,(H,14,15). The topological polar surface area (TPSA) is 73.3 Å². The van der Waals surface area contributed by atoms with Crippen LogP contribution >= 0.6 is 11.8 Å². The van der Waals surface area contributed by atoms with Crippen molar-refractivity contribution >= 4 is 28.6 Å². The van der Waals surface area contributed by atoms with Crippen molar-refractivity contribution in [2.75, 3.05) is 5.75 Å². The first-order valence-corrected chi connectivity index (χ1v) is 6.14. The average molecular weight is 251 g/mol. The Morgan fingerprint density at radius 2 is 2.18 bits per heavy atom.